The zero-order valence-electron chi connectivity index (χ0n) is 11.1. The molecule has 0 radical (unpaired) electrons. The first-order valence-corrected chi connectivity index (χ1v) is 6.76. The van der Waals surface area contributed by atoms with Crippen molar-refractivity contribution in [3.8, 4) is 0 Å². The number of Topliss-reactive ketones (excluding diaryl/α,β-unsaturated/α-hetero) is 1. The molecule has 1 heterocycles. The van der Waals surface area contributed by atoms with E-state index in [9.17, 15) is 4.79 Å². The molecule has 2 saturated carbocycles. The van der Waals surface area contributed by atoms with E-state index in [1.54, 1.807) is 0 Å². The Hall–Kier alpha value is -0.630. The standard InChI is InChI=1S/C15H22O2/c1-9(2)11-5-6-15-13(17-15)12(16)7-10(3)14(15,4)8-11/h10-11,13H,1,5-8H2,2-4H3/t10-,11?,13?,14+,15?/m1/s1. The third-order valence-electron chi connectivity index (χ3n) is 5.78. The lowest BCUT2D eigenvalue weighted by molar-refractivity contribution is -0.125. The molecule has 1 saturated heterocycles. The fourth-order valence-corrected chi connectivity index (χ4v) is 4.26. The quantitative estimate of drug-likeness (QED) is 0.515. The summed E-state index contributed by atoms with van der Waals surface area (Å²) in [6.07, 6.45) is 3.96. The Kier molecular flexibility index (Phi) is 2.17. The molecule has 2 heteroatoms. The van der Waals surface area contributed by atoms with Crippen molar-refractivity contribution in [2.24, 2.45) is 17.3 Å². The van der Waals surface area contributed by atoms with Crippen LogP contribution in [-0.2, 0) is 9.53 Å². The molecular weight excluding hydrogens is 212 g/mol. The lowest BCUT2D eigenvalue weighted by atomic mass is 9.53. The fraction of sp³-hybridized carbons (Fsp3) is 0.800. The minimum Gasteiger partial charge on any atom is -0.357 e. The van der Waals surface area contributed by atoms with Gasteiger partial charge in [0.2, 0.25) is 0 Å². The van der Waals surface area contributed by atoms with Crippen LogP contribution in [0.2, 0.25) is 0 Å². The second-order valence-corrected chi connectivity index (χ2v) is 6.66. The van der Waals surface area contributed by atoms with Gasteiger partial charge < -0.3 is 4.74 Å². The van der Waals surface area contributed by atoms with Gasteiger partial charge in [0.05, 0.1) is 0 Å². The van der Waals surface area contributed by atoms with E-state index in [1.165, 1.54) is 5.57 Å². The maximum absolute atomic E-state index is 11.9. The monoisotopic (exact) mass is 234 g/mol. The number of carbonyl (C=O) groups is 1. The molecule has 0 N–H and O–H groups in total. The number of hydrogen-bond acceptors (Lipinski definition) is 2. The molecule has 0 amide bonds. The van der Waals surface area contributed by atoms with E-state index in [2.05, 4.69) is 27.4 Å². The molecule has 3 rings (SSSR count). The second-order valence-electron chi connectivity index (χ2n) is 6.66. The van der Waals surface area contributed by atoms with E-state index in [-0.39, 0.29) is 17.1 Å². The normalized spacial score (nSPS) is 52.6. The molecule has 1 spiro atoms. The van der Waals surface area contributed by atoms with E-state index in [4.69, 9.17) is 4.74 Å². The third kappa shape index (κ3) is 1.28. The van der Waals surface area contributed by atoms with Gasteiger partial charge in [-0.05, 0) is 38.0 Å². The van der Waals surface area contributed by atoms with Crippen molar-refractivity contribution in [2.75, 3.05) is 0 Å². The molecule has 0 aromatic carbocycles. The molecule has 0 bridgehead atoms. The average Bonchev–Trinajstić information content (AvgIpc) is 2.98. The highest BCUT2D eigenvalue weighted by atomic mass is 16.6. The number of hydrogen-bond donors (Lipinski definition) is 0. The van der Waals surface area contributed by atoms with E-state index in [0.29, 0.717) is 24.0 Å². The topological polar surface area (TPSA) is 29.6 Å². The molecule has 0 aromatic rings. The summed E-state index contributed by atoms with van der Waals surface area (Å²) in [5.74, 6) is 1.39. The van der Waals surface area contributed by atoms with Gasteiger partial charge in [-0.2, -0.15) is 0 Å². The number of ketones is 1. The van der Waals surface area contributed by atoms with Gasteiger partial charge in [-0.3, -0.25) is 4.79 Å². The Labute approximate surface area is 103 Å². The molecule has 1 aliphatic heterocycles. The van der Waals surface area contributed by atoms with E-state index < -0.39 is 0 Å². The predicted molar refractivity (Wildman–Crippen MR) is 66.7 cm³/mol. The van der Waals surface area contributed by atoms with Crippen LogP contribution in [0.15, 0.2) is 12.2 Å². The third-order valence-corrected chi connectivity index (χ3v) is 5.78. The van der Waals surface area contributed by atoms with E-state index >= 15 is 0 Å². The first kappa shape index (κ1) is 11.5. The van der Waals surface area contributed by atoms with Crippen molar-refractivity contribution < 1.29 is 9.53 Å². The number of rotatable bonds is 1. The zero-order valence-corrected chi connectivity index (χ0v) is 11.1. The Balaban J connectivity index is 1.93. The van der Waals surface area contributed by atoms with Gasteiger partial charge >= 0.3 is 0 Å². The SMILES string of the molecule is C=C(C)C1CCC23OC2C(=O)C[C@@H](C)[C@]3(C)C1. The Morgan fingerprint density at radius 2 is 2.24 bits per heavy atom. The van der Waals surface area contributed by atoms with Crippen molar-refractivity contribution in [1.82, 2.24) is 0 Å². The summed E-state index contributed by atoms with van der Waals surface area (Å²) < 4.78 is 5.90. The van der Waals surface area contributed by atoms with Crippen molar-refractivity contribution >= 4 is 5.78 Å². The summed E-state index contributed by atoms with van der Waals surface area (Å²) in [7, 11) is 0. The molecule has 2 aliphatic carbocycles. The molecule has 5 atom stereocenters. The minimum absolute atomic E-state index is 0.0743. The lowest BCUT2D eigenvalue weighted by Gasteiger charge is -2.49. The Morgan fingerprint density at radius 3 is 2.88 bits per heavy atom. The Morgan fingerprint density at radius 1 is 1.53 bits per heavy atom. The van der Waals surface area contributed by atoms with Gasteiger partial charge in [0.25, 0.3) is 0 Å². The summed E-state index contributed by atoms with van der Waals surface area (Å²) >= 11 is 0. The van der Waals surface area contributed by atoms with Crippen LogP contribution in [0.4, 0.5) is 0 Å². The van der Waals surface area contributed by atoms with Gasteiger partial charge in [-0.25, -0.2) is 0 Å². The number of allylic oxidation sites excluding steroid dienone is 1. The van der Waals surface area contributed by atoms with Crippen LogP contribution >= 0.6 is 0 Å². The highest BCUT2D eigenvalue weighted by Gasteiger charge is 2.74. The van der Waals surface area contributed by atoms with Gasteiger partial charge in [-0.15, -0.1) is 0 Å². The highest BCUT2D eigenvalue weighted by molar-refractivity contribution is 5.89. The van der Waals surface area contributed by atoms with Crippen molar-refractivity contribution in [2.45, 2.75) is 58.2 Å². The van der Waals surface area contributed by atoms with Crippen molar-refractivity contribution in [3.05, 3.63) is 12.2 Å². The number of ether oxygens (including phenoxy) is 1. The average molecular weight is 234 g/mol. The molecule has 94 valence electrons. The van der Waals surface area contributed by atoms with Crippen LogP contribution in [0, 0.1) is 17.3 Å². The molecule has 17 heavy (non-hydrogen) atoms. The summed E-state index contributed by atoms with van der Waals surface area (Å²) in [4.78, 5) is 11.9. The van der Waals surface area contributed by atoms with Crippen molar-refractivity contribution in [1.29, 1.82) is 0 Å². The van der Waals surface area contributed by atoms with E-state index in [0.717, 1.165) is 19.3 Å². The summed E-state index contributed by atoms with van der Waals surface area (Å²) in [6.45, 7) is 10.8. The zero-order chi connectivity index (χ0) is 12.4. The van der Waals surface area contributed by atoms with Crippen LogP contribution in [0.5, 0.6) is 0 Å². The summed E-state index contributed by atoms with van der Waals surface area (Å²) in [5.41, 5.74) is 1.36. The maximum atomic E-state index is 11.9. The molecule has 0 aromatic heterocycles. The first-order chi connectivity index (χ1) is 7.91. The molecule has 3 fully saturated rings. The van der Waals surface area contributed by atoms with Crippen LogP contribution in [-0.4, -0.2) is 17.5 Å². The number of epoxide rings is 1. The highest BCUT2D eigenvalue weighted by Crippen LogP contribution is 2.66. The molecule has 2 nitrogen and oxygen atoms in total. The van der Waals surface area contributed by atoms with Crippen LogP contribution in [0.3, 0.4) is 0 Å². The minimum atomic E-state index is -0.103. The number of carbonyl (C=O) groups excluding carboxylic acids is 1. The van der Waals surface area contributed by atoms with Gasteiger partial charge in [0.15, 0.2) is 5.78 Å². The van der Waals surface area contributed by atoms with Gasteiger partial charge in [0.1, 0.15) is 11.7 Å². The fourth-order valence-electron chi connectivity index (χ4n) is 4.26. The summed E-state index contributed by atoms with van der Waals surface area (Å²) in [6, 6.07) is 0. The summed E-state index contributed by atoms with van der Waals surface area (Å²) in [5, 5.41) is 0. The molecule has 3 aliphatic rings. The second kappa shape index (κ2) is 3.23. The van der Waals surface area contributed by atoms with E-state index in [1.807, 2.05) is 0 Å². The Bertz CT molecular complexity index is 400. The molecule has 3 unspecified atom stereocenters. The first-order valence-electron chi connectivity index (χ1n) is 6.76. The van der Waals surface area contributed by atoms with Crippen LogP contribution < -0.4 is 0 Å². The van der Waals surface area contributed by atoms with Gasteiger partial charge in [0, 0.05) is 11.8 Å². The smallest absolute Gasteiger partial charge is 0.164 e. The molecular formula is C15H22O2. The van der Waals surface area contributed by atoms with Crippen molar-refractivity contribution in [3.63, 3.8) is 0 Å². The van der Waals surface area contributed by atoms with Crippen LogP contribution in [0.1, 0.15) is 46.5 Å². The van der Waals surface area contributed by atoms with Crippen LogP contribution in [0.25, 0.3) is 0 Å². The largest absolute Gasteiger partial charge is 0.357 e. The lowest BCUT2D eigenvalue weighted by Crippen LogP contribution is -2.52. The predicted octanol–water partition coefficient (Wildman–Crippen LogP) is 3.12. The van der Waals surface area contributed by atoms with Gasteiger partial charge in [-0.1, -0.05) is 26.0 Å². The maximum Gasteiger partial charge on any atom is 0.164 e.